The lowest BCUT2D eigenvalue weighted by atomic mass is 9.93. The molecule has 0 fully saturated rings. The molecule has 0 atom stereocenters. The van der Waals surface area contributed by atoms with E-state index in [9.17, 15) is 0 Å². The van der Waals surface area contributed by atoms with Gasteiger partial charge in [0.2, 0.25) is 0 Å². The second-order valence-electron chi connectivity index (χ2n) is 32.4. The zero-order valence-corrected chi connectivity index (χ0v) is 73.0. The first-order chi connectivity index (χ1) is 62.4. The number of benzene rings is 21. The minimum atomic E-state index is 1.21. The van der Waals surface area contributed by atoms with Crippen LogP contribution in [0.4, 0.5) is 11.4 Å². The average Bonchev–Trinajstić information content (AvgIpc) is 0.794. The minimum absolute atomic E-state index is 1.21. The highest BCUT2D eigenvalue weighted by atomic mass is 15.1. The van der Waals surface area contributed by atoms with Crippen molar-refractivity contribution in [2.24, 2.45) is 0 Å². The summed E-state index contributed by atoms with van der Waals surface area (Å²) in [6.45, 7) is 10.8. The van der Waals surface area contributed by atoms with Gasteiger partial charge in [-0.15, -0.1) is 0 Å². The predicted molar refractivity (Wildman–Crippen MR) is 549 cm³/mol. The van der Waals surface area contributed by atoms with Crippen LogP contribution in [0.5, 0.6) is 0 Å². The van der Waals surface area contributed by atoms with Gasteiger partial charge in [0.05, 0.1) is 0 Å². The molecule has 0 N–H and O–H groups in total. The van der Waals surface area contributed by atoms with Gasteiger partial charge in [0.25, 0.3) is 0 Å². The first-order valence-electron chi connectivity index (χ1n) is 43.8. The molecule has 0 amide bonds. The third-order valence-corrected chi connectivity index (χ3v) is 23.2. The monoisotopic (exact) mass is 1630 g/mol. The lowest BCUT2D eigenvalue weighted by Crippen LogP contribution is -2.08. The van der Waals surface area contributed by atoms with Gasteiger partial charge in [0, 0.05) is 18.4 Å². The Morgan fingerprint density at radius 1 is 0.134 bits per heavy atom. The Morgan fingerprint density at radius 3 is 0.835 bits per heavy atom. The number of hydrogen-bond acceptors (Lipinski definition) is 1. The predicted octanol–water partition coefficient (Wildman–Crippen LogP) is 35.2. The number of hydrogen-bond donors (Lipinski definition) is 0. The van der Waals surface area contributed by atoms with E-state index in [0.717, 1.165) is 0 Å². The highest BCUT2D eigenvalue weighted by Gasteiger charge is 2.13. The lowest BCUT2D eigenvalue weighted by molar-refractivity contribution is 1.21. The van der Waals surface area contributed by atoms with Gasteiger partial charge in [-0.3, -0.25) is 0 Å². The summed E-state index contributed by atoms with van der Waals surface area (Å²) in [6, 6.07) is 183. The molecule has 0 aliphatic heterocycles. The van der Waals surface area contributed by atoms with E-state index in [0.29, 0.717) is 0 Å². The van der Waals surface area contributed by atoms with Crippen molar-refractivity contribution in [1.29, 1.82) is 0 Å². The average molecular weight is 1630 g/mol. The van der Waals surface area contributed by atoms with Gasteiger partial charge >= 0.3 is 0 Å². The van der Waals surface area contributed by atoms with Gasteiger partial charge in [-0.05, 0) is 261 Å². The fourth-order valence-corrected chi connectivity index (χ4v) is 16.4. The van der Waals surface area contributed by atoms with Crippen LogP contribution in [-0.2, 0) is 0 Å². The van der Waals surface area contributed by atoms with Crippen molar-refractivity contribution in [3.63, 3.8) is 0 Å². The maximum Gasteiger partial charge on any atom is 0.0408 e. The summed E-state index contributed by atoms with van der Waals surface area (Å²) >= 11 is 0. The summed E-state index contributed by atoms with van der Waals surface area (Å²) in [5.41, 5.74) is 36.6. The highest BCUT2D eigenvalue weighted by molar-refractivity contribution is 5.99. The van der Waals surface area contributed by atoms with Crippen molar-refractivity contribution < 1.29 is 0 Å². The Labute approximate surface area is 750 Å². The van der Waals surface area contributed by atoms with E-state index in [1.807, 2.05) is 18.2 Å². The molecule has 0 aliphatic rings. The fourth-order valence-electron chi connectivity index (χ4n) is 16.4. The smallest absolute Gasteiger partial charge is 0.0408 e. The largest absolute Gasteiger partial charge is 0.345 e. The van der Waals surface area contributed by atoms with E-state index < -0.39 is 0 Å². The van der Waals surface area contributed by atoms with Crippen molar-refractivity contribution in [1.82, 2.24) is 0 Å². The minimum Gasteiger partial charge on any atom is -0.345 e. The zero-order valence-electron chi connectivity index (χ0n) is 73.0. The molecule has 0 saturated carbocycles. The van der Waals surface area contributed by atoms with Gasteiger partial charge < -0.3 is 4.90 Å². The Balaban J connectivity index is 0.000000115. The fraction of sp³-hybridized carbons (Fsp3) is 0.0476. The molecule has 612 valence electrons. The van der Waals surface area contributed by atoms with E-state index in [1.54, 1.807) is 0 Å². The quantitative estimate of drug-likeness (QED) is 0.111. The van der Waals surface area contributed by atoms with Crippen LogP contribution in [0.2, 0.25) is 0 Å². The molecule has 1 heteroatoms. The summed E-state index contributed by atoms with van der Waals surface area (Å²) in [5, 5.41) is 7.90. The van der Waals surface area contributed by atoms with Gasteiger partial charge in [0.1, 0.15) is 0 Å². The summed E-state index contributed by atoms with van der Waals surface area (Å²) in [5.74, 6) is 0. The second kappa shape index (κ2) is 41.9. The Kier molecular flexibility index (Phi) is 27.9. The summed E-state index contributed by atoms with van der Waals surface area (Å²) < 4.78 is 0. The third-order valence-electron chi connectivity index (χ3n) is 23.2. The van der Waals surface area contributed by atoms with Gasteiger partial charge in [-0.25, -0.2) is 0 Å². The number of fused-ring (bicyclic) bond motifs is 3. The highest BCUT2D eigenvalue weighted by Crippen LogP contribution is 2.38. The van der Waals surface area contributed by atoms with Crippen molar-refractivity contribution in [3.05, 3.63) is 543 Å². The summed E-state index contributed by atoms with van der Waals surface area (Å²) in [4.78, 5) is 2.17. The van der Waals surface area contributed by atoms with E-state index >= 15 is 0 Å². The van der Waals surface area contributed by atoms with E-state index in [4.69, 9.17) is 0 Å². The maximum absolute atomic E-state index is 2.31. The number of rotatable bonds is 13. The molecule has 21 aromatic rings. The van der Waals surface area contributed by atoms with Crippen LogP contribution in [0.25, 0.3) is 155 Å². The van der Waals surface area contributed by atoms with Gasteiger partial charge in [-0.1, -0.05) is 472 Å². The Bertz CT molecular complexity index is 6850. The molecule has 0 aromatic heterocycles. The number of aryl methyl sites for hydroxylation is 5. The molecule has 127 heavy (non-hydrogen) atoms. The van der Waals surface area contributed by atoms with Crippen LogP contribution in [-0.4, -0.2) is 7.05 Å². The zero-order chi connectivity index (χ0) is 86.9. The number of anilines is 2. The second-order valence-corrected chi connectivity index (χ2v) is 32.4. The van der Waals surface area contributed by atoms with E-state index in [-0.39, 0.29) is 0 Å². The first-order valence-corrected chi connectivity index (χ1v) is 43.8. The first kappa shape index (κ1) is 84.8. The standard InChI is InChI=1S/2C31H24.3C17H14.C13H13N/c1-23-18-30(28-16-8-14-26(20-28)24-10-4-2-5-11-24)22-31(19-23)29-17-9-15-27(21-29)25-12-6-3-7-13-25;1-23-20-30(28-16-12-26(13-17-28)24-8-4-2-5-9-24)22-31(21-23)29-18-14-27(15-19-29)25-10-6-3-7-11-25;1-13-9-11-15(12-10-13)17-8-4-6-14-5-2-3-7-16(14)17;1-13-11-12-16(14-7-3-2-4-8-14)17-10-6-5-9-15(13)17;1-13-7-8-17-12-16(10-9-15(17)11-13)14-5-3-2-4-6-14;1-14(12-8-4-2-5-9-12)13-10-6-3-7-11-13/h2*2-22H,1H3;3*2-12H,1H3;2-11H,1H3. The number of nitrogens with zero attached hydrogens (tertiary/aromatic N) is 1. The molecular weight excluding hydrogens is 1530 g/mol. The van der Waals surface area contributed by atoms with Crippen LogP contribution in [0.1, 0.15) is 27.8 Å². The normalized spacial score (nSPS) is 10.6. The summed E-state index contributed by atoms with van der Waals surface area (Å²) in [6.07, 6.45) is 0. The maximum atomic E-state index is 2.31. The van der Waals surface area contributed by atoms with Crippen LogP contribution in [0.3, 0.4) is 0 Å². The Morgan fingerprint density at radius 2 is 0.394 bits per heavy atom. The van der Waals surface area contributed by atoms with Crippen molar-refractivity contribution in [3.8, 4) is 122 Å². The van der Waals surface area contributed by atoms with E-state index in [2.05, 4.69) is 544 Å². The number of para-hydroxylation sites is 2. The van der Waals surface area contributed by atoms with Crippen LogP contribution >= 0.6 is 0 Å². The van der Waals surface area contributed by atoms with Crippen LogP contribution in [0.15, 0.2) is 516 Å². The molecule has 0 unspecified atom stereocenters. The Hall–Kier alpha value is -15.8. The lowest BCUT2D eigenvalue weighted by Gasteiger charge is -2.18. The van der Waals surface area contributed by atoms with E-state index in [1.165, 1.54) is 194 Å². The van der Waals surface area contributed by atoms with Crippen molar-refractivity contribution in [2.45, 2.75) is 34.6 Å². The molecule has 0 heterocycles. The van der Waals surface area contributed by atoms with Crippen molar-refractivity contribution in [2.75, 3.05) is 11.9 Å². The molecule has 0 aliphatic carbocycles. The molecule has 0 radical (unpaired) electrons. The van der Waals surface area contributed by atoms with Crippen LogP contribution < -0.4 is 4.90 Å². The van der Waals surface area contributed by atoms with Crippen LogP contribution in [0, 0.1) is 34.6 Å². The molecule has 0 saturated heterocycles. The summed E-state index contributed by atoms with van der Waals surface area (Å²) in [7, 11) is 2.07. The molecular formula is C126H103N. The third kappa shape index (κ3) is 22.2. The molecule has 0 spiro atoms. The SMILES string of the molecule is CN(c1ccccc1)c1ccccc1.Cc1cc(-c2ccc(-c3ccccc3)cc2)cc(-c2ccc(-c3ccccc3)cc2)c1.Cc1cc(-c2cccc(-c3ccccc3)c2)cc(-c2cccc(-c3ccccc3)c2)c1.Cc1ccc(-c2cccc3ccccc23)cc1.Cc1ccc(-c2ccccc2)c2ccccc12.Cc1ccc2cc(-c3ccccc3)ccc2c1. The molecule has 0 bridgehead atoms. The van der Waals surface area contributed by atoms with Crippen molar-refractivity contribution >= 4 is 43.7 Å². The molecule has 1 nitrogen and oxygen atoms in total. The topological polar surface area (TPSA) is 3.24 Å². The van der Waals surface area contributed by atoms with Gasteiger partial charge in [0.15, 0.2) is 0 Å². The molecule has 21 rings (SSSR count). The van der Waals surface area contributed by atoms with Gasteiger partial charge in [-0.2, -0.15) is 0 Å². The molecule has 21 aromatic carbocycles.